The topological polar surface area (TPSA) is 38.1 Å². The van der Waals surface area contributed by atoms with Crippen molar-refractivity contribution in [3.05, 3.63) is 39.9 Å². The van der Waals surface area contributed by atoms with Crippen LogP contribution in [0.5, 0.6) is 0 Å². The SMILES string of the molecule is Cc1ccc2c(=O)n(C[C@@H](C)N3CCCC3)cnc2c1C. The van der Waals surface area contributed by atoms with Crippen molar-refractivity contribution in [2.24, 2.45) is 0 Å². The van der Waals surface area contributed by atoms with Gasteiger partial charge >= 0.3 is 0 Å². The average Bonchev–Trinajstić information content (AvgIpc) is 3.00. The Hall–Kier alpha value is -1.68. The van der Waals surface area contributed by atoms with Crippen LogP contribution in [0.15, 0.2) is 23.3 Å². The average molecular weight is 285 g/mol. The Bertz CT molecular complexity index is 714. The molecule has 2 aromatic rings. The maximum atomic E-state index is 12.6. The Morgan fingerprint density at radius 2 is 1.95 bits per heavy atom. The van der Waals surface area contributed by atoms with Crippen molar-refractivity contribution in [1.29, 1.82) is 0 Å². The van der Waals surface area contributed by atoms with Gasteiger partial charge in [-0.3, -0.25) is 14.3 Å². The van der Waals surface area contributed by atoms with Crippen molar-refractivity contribution < 1.29 is 0 Å². The fourth-order valence-electron chi connectivity index (χ4n) is 3.19. The Morgan fingerprint density at radius 1 is 1.24 bits per heavy atom. The summed E-state index contributed by atoms with van der Waals surface area (Å²) in [5, 5.41) is 0.731. The Kier molecular flexibility index (Phi) is 3.81. The van der Waals surface area contributed by atoms with Crippen LogP contribution < -0.4 is 5.56 Å². The predicted octanol–water partition coefficient (Wildman–Crippen LogP) is 2.50. The Morgan fingerprint density at radius 3 is 2.67 bits per heavy atom. The second-order valence-corrected chi connectivity index (χ2v) is 6.20. The molecular weight excluding hydrogens is 262 g/mol. The van der Waals surface area contributed by atoms with Crippen LogP contribution in [-0.4, -0.2) is 33.6 Å². The summed E-state index contributed by atoms with van der Waals surface area (Å²) in [6, 6.07) is 4.30. The molecule has 3 rings (SSSR count). The molecule has 4 nitrogen and oxygen atoms in total. The van der Waals surface area contributed by atoms with E-state index in [9.17, 15) is 4.79 Å². The molecule has 0 bridgehead atoms. The molecule has 0 N–H and O–H groups in total. The maximum absolute atomic E-state index is 12.6. The largest absolute Gasteiger partial charge is 0.299 e. The molecule has 21 heavy (non-hydrogen) atoms. The molecule has 0 amide bonds. The van der Waals surface area contributed by atoms with E-state index < -0.39 is 0 Å². The zero-order valence-electron chi connectivity index (χ0n) is 13.1. The fraction of sp³-hybridized carbons (Fsp3) is 0.529. The molecule has 1 aliphatic heterocycles. The number of hydrogen-bond acceptors (Lipinski definition) is 3. The van der Waals surface area contributed by atoms with Gasteiger partial charge < -0.3 is 0 Å². The first-order chi connectivity index (χ1) is 10.1. The summed E-state index contributed by atoms with van der Waals surface area (Å²) in [5.41, 5.74) is 3.20. The number of rotatable bonds is 3. The summed E-state index contributed by atoms with van der Waals surface area (Å²) >= 11 is 0. The zero-order valence-corrected chi connectivity index (χ0v) is 13.1. The monoisotopic (exact) mass is 285 g/mol. The van der Waals surface area contributed by atoms with E-state index in [0.717, 1.165) is 29.6 Å². The van der Waals surface area contributed by atoms with Gasteiger partial charge in [0.1, 0.15) is 0 Å². The van der Waals surface area contributed by atoms with E-state index >= 15 is 0 Å². The highest BCUT2D eigenvalue weighted by molar-refractivity contribution is 5.81. The van der Waals surface area contributed by atoms with Crippen molar-refractivity contribution in [1.82, 2.24) is 14.5 Å². The Labute approximate surface area is 125 Å². The van der Waals surface area contributed by atoms with Crippen LogP contribution in [0.3, 0.4) is 0 Å². The number of fused-ring (bicyclic) bond motifs is 1. The van der Waals surface area contributed by atoms with E-state index in [-0.39, 0.29) is 5.56 Å². The molecule has 1 aromatic heterocycles. The van der Waals surface area contributed by atoms with Gasteiger partial charge in [0.05, 0.1) is 17.2 Å². The van der Waals surface area contributed by atoms with E-state index in [1.54, 1.807) is 10.9 Å². The van der Waals surface area contributed by atoms with Crippen LogP contribution in [0, 0.1) is 13.8 Å². The van der Waals surface area contributed by atoms with Crippen LogP contribution in [-0.2, 0) is 6.54 Å². The maximum Gasteiger partial charge on any atom is 0.261 e. The predicted molar refractivity (Wildman–Crippen MR) is 85.7 cm³/mol. The molecule has 1 aliphatic rings. The second-order valence-electron chi connectivity index (χ2n) is 6.20. The molecule has 2 heterocycles. The lowest BCUT2D eigenvalue weighted by Crippen LogP contribution is -2.36. The highest BCUT2D eigenvalue weighted by Crippen LogP contribution is 2.17. The third-order valence-corrected chi connectivity index (χ3v) is 4.74. The second kappa shape index (κ2) is 5.60. The standard InChI is InChI=1S/C17H23N3O/c1-12-6-7-15-16(14(12)3)18-11-20(17(15)21)10-13(2)19-8-4-5-9-19/h6-7,11,13H,4-5,8-10H2,1-3H3/t13-/m1/s1. The molecule has 0 radical (unpaired) electrons. The van der Waals surface area contributed by atoms with Crippen LogP contribution in [0.4, 0.5) is 0 Å². The fourth-order valence-corrected chi connectivity index (χ4v) is 3.19. The van der Waals surface area contributed by atoms with Gasteiger partial charge in [0, 0.05) is 12.6 Å². The van der Waals surface area contributed by atoms with Crippen LogP contribution in [0.2, 0.25) is 0 Å². The molecule has 1 aromatic carbocycles. The number of likely N-dealkylation sites (tertiary alicyclic amines) is 1. The van der Waals surface area contributed by atoms with E-state index in [1.165, 1.54) is 18.4 Å². The van der Waals surface area contributed by atoms with Crippen molar-refractivity contribution in [2.45, 2.75) is 46.2 Å². The summed E-state index contributed by atoms with van der Waals surface area (Å²) in [4.78, 5) is 19.6. The number of hydrogen-bond donors (Lipinski definition) is 0. The van der Waals surface area contributed by atoms with E-state index in [0.29, 0.717) is 12.6 Å². The number of aromatic nitrogens is 2. The first-order valence-electron chi connectivity index (χ1n) is 7.77. The minimum atomic E-state index is 0.0779. The summed E-state index contributed by atoms with van der Waals surface area (Å²) in [6.45, 7) is 9.29. The number of benzene rings is 1. The third-order valence-electron chi connectivity index (χ3n) is 4.74. The van der Waals surface area contributed by atoms with Gasteiger partial charge in [-0.1, -0.05) is 6.07 Å². The van der Waals surface area contributed by atoms with Gasteiger partial charge in [0.2, 0.25) is 0 Å². The molecule has 112 valence electrons. The lowest BCUT2D eigenvalue weighted by Gasteiger charge is -2.24. The molecule has 4 heteroatoms. The molecular formula is C17H23N3O. The summed E-state index contributed by atoms with van der Waals surface area (Å²) in [5.74, 6) is 0. The molecule has 0 spiro atoms. The molecule has 0 unspecified atom stereocenters. The summed E-state index contributed by atoms with van der Waals surface area (Å²) in [7, 11) is 0. The highest BCUT2D eigenvalue weighted by Gasteiger charge is 2.19. The van der Waals surface area contributed by atoms with Gasteiger partial charge in [0.15, 0.2) is 0 Å². The highest BCUT2D eigenvalue weighted by atomic mass is 16.1. The summed E-state index contributed by atoms with van der Waals surface area (Å²) < 4.78 is 1.76. The zero-order chi connectivity index (χ0) is 15.0. The minimum Gasteiger partial charge on any atom is -0.299 e. The van der Waals surface area contributed by atoms with E-state index in [4.69, 9.17) is 0 Å². The van der Waals surface area contributed by atoms with Gasteiger partial charge in [-0.25, -0.2) is 4.98 Å². The lowest BCUT2D eigenvalue weighted by atomic mass is 10.1. The van der Waals surface area contributed by atoms with E-state index in [1.807, 2.05) is 19.1 Å². The van der Waals surface area contributed by atoms with Crippen molar-refractivity contribution >= 4 is 10.9 Å². The molecule has 0 aliphatic carbocycles. The minimum absolute atomic E-state index is 0.0779. The van der Waals surface area contributed by atoms with Crippen molar-refractivity contribution in [3.63, 3.8) is 0 Å². The molecule has 1 fully saturated rings. The first-order valence-corrected chi connectivity index (χ1v) is 7.77. The van der Waals surface area contributed by atoms with E-state index in [2.05, 4.69) is 23.7 Å². The molecule has 1 atom stereocenters. The molecule has 1 saturated heterocycles. The lowest BCUT2D eigenvalue weighted by molar-refractivity contribution is 0.234. The molecule has 0 saturated carbocycles. The summed E-state index contributed by atoms with van der Waals surface area (Å²) in [6.07, 6.45) is 4.25. The normalized spacial score (nSPS) is 17.5. The van der Waals surface area contributed by atoms with Crippen LogP contribution >= 0.6 is 0 Å². The smallest absolute Gasteiger partial charge is 0.261 e. The number of aryl methyl sites for hydroxylation is 2. The van der Waals surface area contributed by atoms with Gasteiger partial charge in [-0.05, 0) is 63.9 Å². The number of nitrogens with zero attached hydrogens (tertiary/aromatic N) is 3. The third kappa shape index (κ3) is 2.60. The van der Waals surface area contributed by atoms with Gasteiger partial charge in [-0.2, -0.15) is 0 Å². The quantitative estimate of drug-likeness (QED) is 0.869. The van der Waals surface area contributed by atoms with Crippen LogP contribution in [0.25, 0.3) is 10.9 Å². The Balaban J connectivity index is 1.95. The van der Waals surface area contributed by atoms with Crippen LogP contribution in [0.1, 0.15) is 30.9 Å². The van der Waals surface area contributed by atoms with Gasteiger partial charge in [-0.15, -0.1) is 0 Å². The van der Waals surface area contributed by atoms with Crippen molar-refractivity contribution in [2.75, 3.05) is 13.1 Å². The van der Waals surface area contributed by atoms with Gasteiger partial charge in [0.25, 0.3) is 5.56 Å². The first kappa shape index (κ1) is 14.3. The van der Waals surface area contributed by atoms with Crippen molar-refractivity contribution in [3.8, 4) is 0 Å².